The van der Waals surface area contributed by atoms with Crippen LogP contribution >= 0.6 is 0 Å². The zero-order valence-corrected chi connectivity index (χ0v) is 32.8. The van der Waals surface area contributed by atoms with E-state index in [1.807, 2.05) is 73.7 Å². The minimum absolute atomic E-state index is 0.00592. The third kappa shape index (κ3) is 5.94. The van der Waals surface area contributed by atoms with Crippen LogP contribution in [-0.4, -0.2) is 77.0 Å². The highest BCUT2D eigenvalue weighted by molar-refractivity contribution is 6.91. The molecule has 13 nitrogen and oxygen atoms in total. The third-order valence-electron chi connectivity index (χ3n) is 12.4. The van der Waals surface area contributed by atoms with E-state index >= 15 is 4.79 Å². The quantitative estimate of drug-likeness (QED) is 0.109. The normalized spacial score (nSPS) is 23.3. The minimum atomic E-state index is -2.61. The second-order valence-corrected chi connectivity index (χ2v) is 20.4. The smallest absolute Gasteiger partial charge is 0.279 e. The molecule has 8 rings (SSSR count). The maximum atomic E-state index is 15.2. The molecule has 290 valence electrons. The monoisotopic (exact) mass is 775 g/mol. The average Bonchev–Trinajstić information content (AvgIpc) is 3.95. The van der Waals surface area contributed by atoms with E-state index in [9.17, 15) is 24.8 Å². The van der Waals surface area contributed by atoms with Crippen LogP contribution < -0.4 is 20.4 Å². The lowest BCUT2D eigenvalue weighted by atomic mass is 9.82. The lowest BCUT2D eigenvalue weighted by Crippen LogP contribution is -2.52. The van der Waals surface area contributed by atoms with Crippen molar-refractivity contribution in [2.24, 2.45) is 5.92 Å². The number of nitro groups is 1. The Bertz CT molecular complexity index is 2390. The van der Waals surface area contributed by atoms with E-state index in [1.165, 1.54) is 16.8 Å². The van der Waals surface area contributed by atoms with E-state index in [1.54, 1.807) is 29.0 Å². The Hall–Kier alpha value is -5.57. The maximum Gasteiger partial charge on any atom is 0.279 e. The van der Waals surface area contributed by atoms with Crippen LogP contribution in [-0.2, 0) is 26.5 Å². The fraction of sp³-hybridized carbons (Fsp3) is 0.357. The highest BCUT2D eigenvalue weighted by Gasteiger charge is 2.67. The SMILES string of the molecule is COc1ccc([Si](C)(C)[C@@H]2[C@@H](CC(=O)N3CCC[C@H]3CO)O[C@]3(C(=O)N(Cc4ccc(-n5[nH]c6ccccc6c5=O)cc4)c4ccc([N+](=O)[O-])cc43)[C@H]2C)cc1. The number of hydrogen-bond acceptors (Lipinski definition) is 8. The average molecular weight is 776 g/mol. The van der Waals surface area contributed by atoms with Crippen molar-refractivity contribution in [3.05, 3.63) is 123 Å². The van der Waals surface area contributed by atoms with E-state index in [-0.39, 0.29) is 54.2 Å². The molecule has 14 heteroatoms. The van der Waals surface area contributed by atoms with Crippen molar-refractivity contribution in [3.63, 3.8) is 0 Å². The largest absolute Gasteiger partial charge is 0.497 e. The molecule has 2 fully saturated rings. The molecule has 5 atom stereocenters. The summed E-state index contributed by atoms with van der Waals surface area (Å²) in [4.78, 5) is 57.5. The maximum absolute atomic E-state index is 15.2. The van der Waals surface area contributed by atoms with Crippen molar-refractivity contribution in [1.29, 1.82) is 0 Å². The summed E-state index contributed by atoms with van der Waals surface area (Å²) in [5.74, 6) is -0.252. The summed E-state index contributed by atoms with van der Waals surface area (Å²) in [6, 6.07) is 26.7. The number of aliphatic hydroxyl groups is 1. The minimum Gasteiger partial charge on any atom is -0.497 e. The van der Waals surface area contributed by atoms with Gasteiger partial charge >= 0.3 is 0 Å². The summed E-state index contributed by atoms with van der Waals surface area (Å²) < 4.78 is 14.0. The molecule has 0 aliphatic carbocycles. The highest BCUT2D eigenvalue weighted by Crippen LogP contribution is 2.60. The molecular weight excluding hydrogens is 731 g/mol. The van der Waals surface area contributed by atoms with Gasteiger partial charge in [-0.25, -0.2) is 4.68 Å². The Balaban J connectivity index is 1.19. The van der Waals surface area contributed by atoms with E-state index in [4.69, 9.17) is 9.47 Å². The molecule has 1 spiro atoms. The topological polar surface area (TPSA) is 160 Å². The van der Waals surface area contributed by atoms with E-state index in [2.05, 4.69) is 18.2 Å². The number of ether oxygens (including phenoxy) is 2. The number of fused-ring (bicyclic) bond motifs is 3. The molecule has 3 aliphatic rings. The Morgan fingerprint density at radius 3 is 2.46 bits per heavy atom. The number of nitro benzene ring substituents is 1. The first kappa shape index (κ1) is 37.4. The van der Waals surface area contributed by atoms with Gasteiger partial charge in [0, 0.05) is 30.2 Å². The molecule has 0 unspecified atom stereocenters. The van der Waals surface area contributed by atoms with Gasteiger partial charge in [0.05, 0.1) is 74.1 Å². The predicted molar refractivity (Wildman–Crippen MR) is 214 cm³/mol. The number of H-pyrrole nitrogens is 1. The van der Waals surface area contributed by atoms with E-state index < -0.39 is 30.6 Å². The lowest BCUT2D eigenvalue weighted by Gasteiger charge is -2.37. The highest BCUT2D eigenvalue weighted by atomic mass is 28.3. The summed E-state index contributed by atoms with van der Waals surface area (Å²) in [6.07, 6.45) is 0.827. The number of non-ortho nitro benzene ring substituents is 1. The Morgan fingerprint density at radius 1 is 1.05 bits per heavy atom. The number of nitrogens with zero attached hydrogens (tertiary/aromatic N) is 4. The van der Waals surface area contributed by atoms with Gasteiger partial charge in [-0.15, -0.1) is 0 Å². The number of benzene rings is 4. The molecule has 2 N–H and O–H groups in total. The van der Waals surface area contributed by atoms with Crippen molar-refractivity contribution in [2.75, 3.05) is 25.2 Å². The number of nitrogens with one attached hydrogen (secondary N) is 1. The first-order chi connectivity index (χ1) is 26.9. The number of amides is 2. The molecule has 0 radical (unpaired) electrons. The molecule has 56 heavy (non-hydrogen) atoms. The van der Waals surface area contributed by atoms with Gasteiger partial charge in [0.2, 0.25) is 5.91 Å². The van der Waals surface area contributed by atoms with Gasteiger partial charge in [0.25, 0.3) is 17.2 Å². The van der Waals surface area contributed by atoms with Crippen LogP contribution in [0.4, 0.5) is 11.4 Å². The molecule has 2 saturated heterocycles. The van der Waals surface area contributed by atoms with Gasteiger partial charge < -0.3 is 24.4 Å². The Kier molecular flexibility index (Phi) is 9.46. The van der Waals surface area contributed by atoms with Crippen LogP contribution in [0.1, 0.15) is 37.3 Å². The third-order valence-corrected chi connectivity index (χ3v) is 16.8. The van der Waals surface area contributed by atoms with Crippen LogP contribution in [0.25, 0.3) is 16.6 Å². The standard InChI is InChI=1S/C42H45N5O8Si/c1-26-39(56(3,4)32-18-16-31(54-2)17-19-32)37(23-38(49)44-21-7-8-30(44)25-48)55-42(26)34-22-29(47(52)53)15-20-36(34)45(41(42)51)24-27-11-13-28(14-12-27)46-40(50)33-9-5-6-10-35(33)43-46/h5-6,9-20,22,26,30,37,39,43,48H,7-8,21,23-25H2,1-4H3/t26-,30-,37+,39-,42+/m0/s1. The number of rotatable bonds is 10. The molecule has 4 aromatic carbocycles. The zero-order valence-electron chi connectivity index (χ0n) is 31.8. The van der Waals surface area contributed by atoms with Crippen LogP contribution in [0.3, 0.4) is 0 Å². The summed E-state index contributed by atoms with van der Waals surface area (Å²) in [6.45, 7) is 6.97. The number of hydrogen-bond donors (Lipinski definition) is 2. The second kappa shape index (κ2) is 14.2. The van der Waals surface area contributed by atoms with Gasteiger partial charge in [0.15, 0.2) is 5.60 Å². The van der Waals surface area contributed by atoms with Gasteiger partial charge in [0.1, 0.15) is 5.75 Å². The Labute approximate surface area is 324 Å². The molecule has 3 aliphatic heterocycles. The number of aromatic amines is 1. The number of carbonyl (C=O) groups excluding carboxylic acids is 2. The fourth-order valence-electron chi connectivity index (χ4n) is 9.59. The Morgan fingerprint density at radius 2 is 1.79 bits per heavy atom. The number of anilines is 1. The second-order valence-electron chi connectivity index (χ2n) is 15.7. The van der Waals surface area contributed by atoms with Crippen LogP contribution in [0.15, 0.2) is 95.8 Å². The predicted octanol–water partition coefficient (Wildman–Crippen LogP) is 5.37. The molecule has 1 aromatic heterocycles. The number of para-hydroxylation sites is 1. The van der Waals surface area contributed by atoms with Crippen molar-refractivity contribution in [3.8, 4) is 11.4 Å². The van der Waals surface area contributed by atoms with Gasteiger partial charge in [-0.3, -0.25) is 29.6 Å². The van der Waals surface area contributed by atoms with Crippen LogP contribution in [0.5, 0.6) is 5.75 Å². The summed E-state index contributed by atoms with van der Waals surface area (Å²) in [5, 5.41) is 27.1. The summed E-state index contributed by atoms with van der Waals surface area (Å²) >= 11 is 0. The first-order valence-electron chi connectivity index (χ1n) is 19.0. The number of methoxy groups -OCH3 is 1. The van der Waals surface area contributed by atoms with Crippen molar-refractivity contribution < 1.29 is 29.1 Å². The van der Waals surface area contributed by atoms with Gasteiger partial charge in [-0.05, 0) is 66.4 Å². The summed E-state index contributed by atoms with van der Waals surface area (Å²) in [7, 11) is -0.996. The van der Waals surface area contributed by atoms with E-state index in [0.717, 1.165) is 22.7 Å². The molecule has 4 heterocycles. The van der Waals surface area contributed by atoms with Crippen LogP contribution in [0.2, 0.25) is 18.6 Å². The van der Waals surface area contributed by atoms with E-state index in [0.29, 0.717) is 41.0 Å². The molecule has 2 amide bonds. The summed E-state index contributed by atoms with van der Waals surface area (Å²) in [5.41, 5.74) is 0.852. The first-order valence-corrected chi connectivity index (χ1v) is 22.1. The van der Waals surface area contributed by atoms with Crippen molar-refractivity contribution >= 4 is 47.4 Å². The van der Waals surface area contributed by atoms with Crippen molar-refractivity contribution in [2.45, 2.75) is 69.1 Å². The van der Waals surface area contributed by atoms with Crippen LogP contribution in [0, 0.1) is 16.0 Å². The zero-order chi connectivity index (χ0) is 39.5. The molecular formula is C42H45N5O8Si. The number of likely N-dealkylation sites (tertiary alicyclic amines) is 1. The van der Waals surface area contributed by atoms with Gasteiger partial charge in [-0.2, -0.15) is 0 Å². The molecule has 0 saturated carbocycles. The fourth-order valence-corrected chi connectivity index (χ4v) is 13.6. The molecule has 5 aromatic rings. The lowest BCUT2D eigenvalue weighted by molar-refractivity contribution is -0.385. The number of aliphatic hydroxyl groups excluding tert-OH is 1. The van der Waals surface area contributed by atoms with Crippen molar-refractivity contribution in [1.82, 2.24) is 14.7 Å². The van der Waals surface area contributed by atoms with Gasteiger partial charge in [-0.1, -0.05) is 61.6 Å². The molecule has 0 bridgehead atoms. The number of carbonyl (C=O) groups is 2. The number of aromatic nitrogens is 2.